The highest BCUT2D eigenvalue weighted by atomic mass is 19.1. The Morgan fingerprint density at radius 3 is 2.89 bits per heavy atom. The van der Waals surface area contributed by atoms with Gasteiger partial charge in [-0.2, -0.15) is 0 Å². The first-order valence-corrected chi connectivity index (χ1v) is 5.67. The zero-order valence-electron chi connectivity index (χ0n) is 9.95. The maximum Gasteiger partial charge on any atom is 0.338 e. The number of nitrogens with two attached hydrogens (primary N) is 1. The number of aldehydes is 1. The van der Waals surface area contributed by atoms with Crippen LogP contribution in [0.15, 0.2) is 18.2 Å². The fourth-order valence-corrected chi connectivity index (χ4v) is 1.98. The molecule has 102 valence electrons. The number of hydrogen-bond donors (Lipinski definition) is 2. The third-order valence-electron chi connectivity index (χ3n) is 2.93. The van der Waals surface area contributed by atoms with Crippen LogP contribution in [0.1, 0.15) is 10.4 Å². The van der Waals surface area contributed by atoms with Crippen LogP contribution in [0.2, 0.25) is 0 Å². The summed E-state index contributed by atoms with van der Waals surface area (Å²) in [4.78, 5) is 23.2. The number of aromatic carboxylic acids is 1. The lowest BCUT2D eigenvalue weighted by Gasteiger charge is -2.21. The van der Waals surface area contributed by atoms with Crippen molar-refractivity contribution >= 4 is 17.9 Å². The summed E-state index contributed by atoms with van der Waals surface area (Å²) >= 11 is 0. The van der Waals surface area contributed by atoms with E-state index in [9.17, 15) is 14.0 Å². The SMILES string of the molecule is NC[C@H]1CN(c2ccc(C(=O)O)c(F)c2)C(C=O)O1. The molecule has 1 heterocycles. The summed E-state index contributed by atoms with van der Waals surface area (Å²) in [5, 5.41) is 8.75. The number of nitrogens with zero attached hydrogens (tertiary/aromatic N) is 1. The van der Waals surface area contributed by atoms with Crippen molar-refractivity contribution in [2.45, 2.75) is 12.3 Å². The summed E-state index contributed by atoms with van der Waals surface area (Å²) in [7, 11) is 0. The van der Waals surface area contributed by atoms with Gasteiger partial charge in [-0.05, 0) is 18.2 Å². The molecule has 0 aromatic heterocycles. The Hall–Kier alpha value is -1.99. The van der Waals surface area contributed by atoms with Gasteiger partial charge in [0.25, 0.3) is 0 Å². The van der Waals surface area contributed by atoms with Crippen molar-refractivity contribution in [1.29, 1.82) is 0 Å². The lowest BCUT2D eigenvalue weighted by molar-refractivity contribution is -0.117. The first-order valence-electron chi connectivity index (χ1n) is 5.67. The van der Waals surface area contributed by atoms with Crippen LogP contribution in [0.5, 0.6) is 0 Å². The Kier molecular flexibility index (Phi) is 3.77. The van der Waals surface area contributed by atoms with Gasteiger partial charge < -0.3 is 20.5 Å². The second-order valence-electron chi connectivity index (χ2n) is 4.14. The van der Waals surface area contributed by atoms with Crippen LogP contribution in [0, 0.1) is 5.82 Å². The summed E-state index contributed by atoms with van der Waals surface area (Å²) in [5.41, 5.74) is 5.44. The molecule has 7 heteroatoms. The fraction of sp³-hybridized carbons (Fsp3) is 0.333. The topological polar surface area (TPSA) is 92.9 Å². The number of anilines is 1. The second-order valence-corrected chi connectivity index (χ2v) is 4.14. The number of benzene rings is 1. The number of carbonyl (C=O) groups excluding carboxylic acids is 1. The van der Waals surface area contributed by atoms with E-state index in [4.69, 9.17) is 15.6 Å². The highest BCUT2D eigenvalue weighted by Gasteiger charge is 2.32. The monoisotopic (exact) mass is 268 g/mol. The predicted molar refractivity (Wildman–Crippen MR) is 64.5 cm³/mol. The third kappa shape index (κ3) is 2.56. The molecule has 1 aliphatic heterocycles. The Labute approximate surface area is 108 Å². The van der Waals surface area contributed by atoms with Crippen LogP contribution in [0.4, 0.5) is 10.1 Å². The lowest BCUT2D eigenvalue weighted by atomic mass is 10.1. The van der Waals surface area contributed by atoms with Gasteiger partial charge in [0.1, 0.15) is 5.82 Å². The zero-order valence-corrected chi connectivity index (χ0v) is 9.95. The number of hydrogen-bond acceptors (Lipinski definition) is 5. The Morgan fingerprint density at radius 2 is 2.37 bits per heavy atom. The number of carbonyl (C=O) groups is 2. The first kappa shape index (κ1) is 13.4. The minimum Gasteiger partial charge on any atom is -0.478 e. The summed E-state index contributed by atoms with van der Waals surface area (Å²) in [6.45, 7) is 0.600. The molecule has 0 radical (unpaired) electrons. The minimum atomic E-state index is -1.34. The largest absolute Gasteiger partial charge is 0.478 e. The molecule has 1 unspecified atom stereocenters. The molecule has 1 fully saturated rings. The van der Waals surface area contributed by atoms with Crippen LogP contribution in [0.25, 0.3) is 0 Å². The van der Waals surface area contributed by atoms with Gasteiger partial charge in [0, 0.05) is 18.8 Å². The maximum atomic E-state index is 13.6. The molecule has 0 bridgehead atoms. The summed E-state index contributed by atoms with van der Waals surface area (Å²) < 4.78 is 18.9. The molecule has 1 aromatic rings. The number of carboxylic acids is 1. The van der Waals surface area contributed by atoms with Gasteiger partial charge >= 0.3 is 5.97 Å². The molecule has 2 rings (SSSR count). The molecular formula is C12H13FN2O4. The van der Waals surface area contributed by atoms with E-state index in [-0.39, 0.29) is 12.6 Å². The molecule has 0 aliphatic carbocycles. The van der Waals surface area contributed by atoms with Crippen molar-refractivity contribution in [3.63, 3.8) is 0 Å². The van der Waals surface area contributed by atoms with Gasteiger partial charge in [0.15, 0.2) is 12.5 Å². The van der Waals surface area contributed by atoms with Crippen LogP contribution in [-0.4, -0.2) is 42.8 Å². The van der Waals surface area contributed by atoms with Crippen LogP contribution in [0.3, 0.4) is 0 Å². The summed E-state index contributed by atoms with van der Waals surface area (Å²) in [6, 6.07) is 3.66. The molecular weight excluding hydrogens is 255 g/mol. The summed E-state index contributed by atoms with van der Waals surface area (Å²) in [5.74, 6) is -2.20. The summed E-state index contributed by atoms with van der Waals surface area (Å²) in [6.07, 6.45) is -0.542. The molecule has 3 N–H and O–H groups in total. The third-order valence-corrected chi connectivity index (χ3v) is 2.93. The van der Waals surface area contributed by atoms with Gasteiger partial charge in [-0.15, -0.1) is 0 Å². The van der Waals surface area contributed by atoms with Crippen molar-refractivity contribution in [3.8, 4) is 0 Å². The van der Waals surface area contributed by atoms with E-state index in [0.717, 1.165) is 12.1 Å². The highest BCUT2D eigenvalue weighted by Crippen LogP contribution is 2.25. The van der Waals surface area contributed by atoms with E-state index in [1.165, 1.54) is 6.07 Å². The van der Waals surface area contributed by atoms with E-state index < -0.39 is 23.6 Å². The van der Waals surface area contributed by atoms with E-state index in [1.807, 2.05) is 0 Å². The van der Waals surface area contributed by atoms with Crippen molar-refractivity contribution < 1.29 is 23.8 Å². The quantitative estimate of drug-likeness (QED) is 0.758. The number of rotatable bonds is 4. The fourth-order valence-electron chi connectivity index (χ4n) is 1.98. The van der Waals surface area contributed by atoms with Crippen LogP contribution in [-0.2, 0) is 9.53 Å². The number of ether oxygens (including phenoxy) is 1. The Bertz CT molecular complexity index is 509. The molecule has 6 nitrogen and oxygen atoms in total. The molecule has 0 spiro atoms. The van der Waals surface area contributed by atoms with Gasteiger partial charge in [0.05, 0.1) is 11.7 Å². The average molecular weight is 268 g/mol. The van der Waals surface area contributed by atoms with Gasteiger partial charge in [0.2, 0.25) is 0 Å². The van der Waals surface area contributed by atoms with Crippen molar-refractivity contribution in [2.24, 2.45) is 5.73 Å². The minimum absolute atomic E-state index is 0.247. The standard InChI is InChI=1S/C12H13FN2O4/c13-10-3-7(1-2-9(10)12(17)18)15-5-8(4-14)19-11(15)6-16/h1-3,6,8,11H,4-5,14H2,(H,17,18)/t8-,11?/m0/s1. The Morgan fingerprint density at radius 1 is 1.63 bits per heavy atom. The molecule has 0 saturated carbocycles. The molecule has 2 atom stereocenters. The van der Waals surface area contributed by atoms with Crippen LogP contribution < -0.4 is 10.6 Å². The highest BCUT2D eigenvalue weighted by molar-refractivity contribution is 5.88. The molecule has 19 heavy (non-hydrogen) atoms. The number of carboxylic acid groups (broad SMARTS) is 1. The van der Waals surface area contributed by atoms with E-state index in [2.05, 4.69) is 0 Å². The average Bonchev–Trinajstić information content (AvgIpc) is 2.81. The smallest absolute Gasteiger partial charge is 0.338 e. The van der Waals surface area contributed by atoms with Crippen molar-refractivity contribution in [1.82, 2.24) is 0 Å². The first-order chi connectivity index (χ1) is 9.06. The van der Waals surface area contributed by atoms with E-state index in [0.29, 0.717) is 18.5 Å². The molecule has 1 aromatic carbocycles. The second kappa shape index (κ2) is 5.33. The van der Waals surface area contributed by atoms with Crippen molar-refractivity contribution in [3.05, 3.63) is 29.6 Å². The van der Waals surface area contributed by atoms with Gasteiger partial charge in [-0.25, -0.2) is 9.18 Å². The molecule has 0 amide bonds. The molecule has 1 saturated heterocycles. The Balaban J connectivity index is 2.29. The van der Waals surface area contributed by atoms with Crippen molar-refractivity contribution in [2.75, 3.05) is 18.0 Å². The predicted octanol–water partition coefficient (Wildman–Crippen LogP) is 0.213. The van der Waals surface area contributed by atoms with E-state index >= 15 is 0 Å². The van der Waals surface area contributed by atoms with E-state index in [1.54, 1.807) is 4.90 Å². The van der Waals surface area contributed by atoms with Crippen LogP contribution >= 0.6 is 0 Å². The maximum absolute atomic E-state index is 13.6. The lowest BCUT2D eigenvalue weighted by Crippen LogP contribution is -2.31. The normalized spacial score (nSPS) is 22.5. The van der Waals surface area contributed by atoms with Gasteiger partial charge in [-0.3, -0.25) is 4.79 Å². The molecule has 1 aliphatic rings. The van der Waals surface area contributed by atoms with Gasteiger partial charge in [-0.1, -0.05) is 0 Å². The number of halogens is 1. The zero-order chi connectivity index (χ0) is 14.0.